The van der Waals surface area contributed by atoms with Gasteiger partial charge < -0.3 is 0 Å². The Morgan fingerprint density at radius 1 is 1.70 bits per heavy atom. The molecule has 0 saturated heterocycles. The SMILES string of the molecule is [CH2]c1cnn(CCCC)c1. The van der Waals surface area contributed by atoms with Crippen molar-refractivity contribution in [1.29, 1.82) is 0 Å². The number of nitrogens with zero attached hydrogens (tertiary/aromatic N) is 2. The van der Waals surface area contributed by atoms with E-state index in [0.29, 0.717) is 0 Å². The molecule has 0 atom stereocenters. The van der Waals surface area contributed by atoms with E-state index in [2.05, 4.69) is 18.9 Å². The number of aryl methyl sites for hydroxylation is 1. The fraction of sp³-hybridized carbons (Fsp3) is 0.500. The highest BCUT2D eigenvalue weighted by atomic mass is 15.3. The zero-order valence-electron chi connectivity index (χ0n) is 6.38. The molecule has 0 amide bonds. The lowest BCUT2D eigenvalue weighted by Crippen LogP contribution is -1.96. The van der Waals surface area contributed by atoms with Gasteiger partial charge in [0, 0.05) is 12.7 Å². The minimum atomic E-state index is 0.996. The first-order valence-electron chi connectivity index (χ1n) is 3.67. The summed E-state index contributed by atoms with van der Waals surface area (Å²) in [5.41, 5.74) is 0.996. The second-order valence-corrected chi connectivity index (χ2v) is 2.47. The van der Waals surface area contributed by atoms with Crippen molar-refractivity contribution < 1.29 is 0 Å². The Labute approximate surface area is 61.9 Å². The zero-order valence-corrected chi connectivity index (χ0v) is 6.38. The Bertz CT molecular complexity index is 191. The average Bonchev–Trinajstić information content (AvgIpc) is 2.31. The second-order valence-electron chi connectivity index (χ2n) is 2.47. The van der Waals surface area contributed by atoms with Crippen molar-refractivity contribution >= 4 is 0 Å². The van der Waals surface area contributed by atoms with E-state index in [0.717, 1.165) is 12.1 Å². The number of hydrogen-bond acceptors (Lipinski definition) is 1. The molecule has 0 bridgehead atoms. The topological polar surface area (TPSA) is 17.8 Å². The van der Waals surface area contributed by atoms with E-state index in [1.807, 2.05) is 10.9 Å². The van der Waals surface area contributed by atoms with E-state index in [1.165, 1.54) is 12.8 Å². The van der Waals surface area contributed by atoms with E-state index in [9.17, 15) is 0 Å². The van der Waals surface area contributed by atoms with Gasteiger partial charge in [-0.25, -0.2) is 0 Å². The number of aromatic nitrogens is 2. The van der Waals surface area contributed by atoms with Crippen LogP contribution in [0.15, 0.2) is 12.4 Å². The lowest BCUT2D eigenvalue weighted by molar-refractivity contribution is 0.571. The first-order chi connectivity index (χ1) is 4.83. The summed E-state index contributed by atoms with van der Waals surface area (Å²) in [6.45, 7) is 6.96. The normalized spacial score (nSPS) is 10.2. The van der Waals surface area contributed by atoms with Crippen LogP contribution >= 0.6 is 0 Å². The van der Waals surface area contributed by atoms with Crippen molar-refractivity contribution in [1.82, 2.24) is 9.78 Å². The summed E-state index contributed by atoms with van der Waals surface area (Å²) in [5.74, 6) is 0. The third-order valence-electron chi connectivity index (χ3n) is 1.43. The van der Waals surface area contributed by atoms with Gasteiger partial charge >= 0.3 is 0 Å². The highest BCUT2D eigenvalue weighted by molar-refractivity contribution is 5.06. The first kappa shape index (κ1) is 7.32. The van der Waals surface area contributed by atoms with E-state index < -0.39 is 0 Å². The van der Waals surface area contributed by atoms with Crippen LogP contribution in [0.5, 0.6) is 0 Å². The van der Waals surface area contributed by atoms with Gasteiger partial charge in [-0.2, -0.15) is 5.10 Å². The van der Waals surface area contributed by atoms with Crippen LogP contribution in [-0.2, 0) is 6.54 Å². The molecule has 0 N–H and O–H groups in total. The summed E-state index contributed by atoms with van der Waals surface area (Å²) in [5, 5.41) is 4.11. The van der Waals surface area contributed by atoms with Gasteiger partial charge in [-0.3, -0.25) is 4.68 Å². The standard InChI is InChI=1S/C8H13N2/c1-3-4-5-10-7-8(2)6-9-10/h6-7H,2-5H2,1H3. The largest absolute Gasteiger partial charge is 0.272 e. The molecule has 1 heterocycles. The molecule has 0 unspecified atom stereocenters. The molecule has 0 aliphatic heterocycles. The van der Waals surface area contributed by atoms with Gasteiger partial charge in [0.25, 0.3) is 0 Å². The third kappa shape index (κ3) is 1.87. The van der Waals surface area contributed by atoms with Gasteiger partial charge in [0.1, 0.15) is 0 Å². The van der Waals surface area contributed by atoms with Gasteiger partial charge in [-0.05, 0) is 18.9 Å². The molecular formula is C8H13N2. The van der Waals surface area contributed by atoms with Crippen molar-refractivity contribution in [2.45, 2.75) is 26.3 Å². The lowest BCUT2D eigenvalue weighted by Gasteiger charge is -1.96. The number of unbranched alkanes of at least 4 members (excludes halogenated alkanes) is 1. The summed E-state index contributed by atoms with van der Waals surface area (Å²) in [7, 11) is 0. The first-order valence-corrected chi connectivity index (χ1v) is 3.67. The summed E-state index contributed by atoms with van der Waals surface area (Å²) in [6, 6.07) is 0. The monoisotopic (exact) mass is 137 g/mol. The predicted molar refractivity (Wildman–Crippen MR) is 41.6 cm³/mol. The van der Waals surface area contributed by atoms with Crippen LogP contribution in [0.25, 0.3) is 0 Å². The van der Waals surface area contributed by atoms with Crippen molar-refractivity contribution in [3.05, 3.63) is 24.9 Å². The Morgan fingerprint density at radius 2 is 2.50 bits per heavy atom. The van der Waals surface area contributed by atoms with Gasteiger partial charge in [0.2, 0.25) is 0 Å². The molecule has 0 fully saturated rings. The molecule has 0 saturated carbocycles. The van der Waals surface area contributed by atoms with E-state index >= 15 is 0 Å². The van der Waals surface area contributed by atoms with E-state index in [-0.39, 0.29) is 0 Å². The summed E-state index contributed by atoms with van der Waals surface area (Å²) < 4.78 is 1.94. The minimum absolute atomic E-state index is 0.996. The van der Waals surface area contributed by atoms with Gasteiger partial charge in [0.15, 0.2) is 0 Å². The predicted octanol–water partition coefficient (Wildman–Crippen LogP) is 1.87. The maximum Gasteiger partial charge on any atom is 0.0521 e. The van der Waals surface area contributed by atoms with Crippen LogP contribution in [-0.4, -0.2) is 9.78 Å². The summed E-state index contributed by atoms with van der Waals surface area (Å²) in [6.07, 6.45) is 6.17. The van der Waals surface area contributed by atoms with Crippen LogP contribution in [0.1, 0.15) is 25.3 Å². The Kier molecular flexibility index (Phi) is 2.49. The fourth-order valence-electron chi connectivity index (χ4n) is 0.849. The van der Waals surface area contributed by atoms with Crippen LogP contribution in [0.4, 0.5) is 0 Å². The summed E-state index contributed by atoms with van der Waals surface area (Å²) >= 11 is 0. The zero-order chi connectivity index (χ0) is 7.40. The van der Waals surface area contributed by atoms with E-state index in [1.54, 1.807) is 6.20 Å². The lowest BCUT2D eigenvalue weighted by atomic mass is 10.3. The fourth-order valence-corrected chi connectivity index (χ4v) is 0.849. The molecular weight excluding hydrogens is 124 g/mol. The molecule has 55 valence electrons. The minimum Gasteiger partial charge on any atom is -0.272 e. The van der Waals surface area contributed by atoms with Crippen LogP contribution < -0.4 is 0 Å². The summed E-state index contributed by atoms with van der Waals surface area (Å²) in [4.78, 5) is 0. The van der Waals surface area contributed by atoms with Crippen LogP contribution in [0.2, 0.25) is 0 Å². The molecule has 1 aromatic rings. The van der Waals surface area contributed by atoms with Crippen molar-refractivity contribution in [2.24, 2.45) is 0 Å². The van der Waals surface area contributed by atoms with Crippen LogP contribution in [0, 0.1) is 6.92 Å². The molecule has 1 rings (SSSR count). The van der Waals surface area contributed by atoms with Crippen molar-refractivity contribution in [3.63, 3.8) is 0 Å². The number of hydrogen-bond donors (Lipinski definition) is 0. The Hall–Kier alpha value is -0.790. The molecule has 0 spiro atoms. The molecule has 2 nitrogen and oxygen atoms in total. The van der Waals surface area contributed by atoms with Crippen molar-refractivity contribution in [3.8, 4) is 0 Å². The van der Waals surface area contributed by atoms with E-state index in [4.69, 9.17) is 0 Å². The third-order valence-corrected chi connectivity index (χ3v) is 1.43. The van der Waals surface area contributed by atoms with Gasteiger partial charge in [-0.15, -0.1) is 0 Å². The molecule has 0 aliphatic rings. The molecule has 2 heteroatoms. The quantitative estimate of drug-likeness (QED) is 0.621. The maximum absolute atomic E-state index is 4.11. The van der Waals surface area contributed by atoms with Crippen molar-refractivity contribution in [2.75, 3.05) is 0 Å². The molecule has 0 aliphatic carbocycles. The molecule has 1 aromatic heterocycles. The number of rotatable bonds is 3. The molecule has 10 heavy (non-hydrogen) atoms. The Balaban J connectivity index is 2.42. The van der Waals surface area contributed by atoms with Crippen LogP contribution in [0.3, 0.4) is 0 Å². The molecule has 0 aromatic carbocycles. The molecule has 1 radical (unpaired) electrons. The second kappa shape index (κ2) is 3.40. The van der Waals surface area contributed by atoms with Gasteiger partial charge in [0.05, 0.1) is 6.20 Å². The highest BCUT2D eigenvalue weighted by Crippen LogP contribution is 1.96. The smallest absolute Gasteiger partial charge is 0.0521 e. The van der Waals surface area contributed by atoms with Gasteiger partial charge in [-0.1, -0.05) is 13.3 Å². The average molecular weight is 137 g/mol. The maximum atomic E-state index is 4.11. The highest BCUT2D eigenvalue weighted by Gasteiger charge is 1.90. The Morgan fingerprint density at radius 3 is 3.00 bits per heavy atom.